The molecule has 1 atom stereocenters. The predicted molar refractivity (Wildman–Crippen MR) is 131 cm³/mol. The highest BCUT2D eigenvalue weighted by Crippen LogP contribution is 2.36. The number of hydrogen-bond donors (Lipinski definition) is 2. The van der Waals surface area contributed by atoms with Gasteiger partial charge in [-0.3, -0.25) is 19.8 Å². The van der Waals surface area contributed by atoms with Crippen molar-refractivity contribution in [2.24, 2.45) is 16.6 Å². The molecule has 2 aliphatic rings. The molecule has 0 radical (unpaired) electrons. The molecular formula is C24H24N4O5S. The summed E-state index contributed by atoms with van der Waals surface area (Å²) in [6.07, 6.45) is 1.66. The fraction of sp³-hybridized carbons (Fsp3) is 0.250. The molecule has 4 amide bonds. The molecule has 2 heterocycles. The van der Waals surface area contributed by atoms with E-state index < -0.39 is 17.2 Å². The molecule has 3 N–H and O–H groups in total. The minimum absolute atomic E-state index is 0.151. The molecule has 0 spiro atoms. The Labute approximate surface area is 201 Å². The number of urea groups is 1. The average Bonchev–Trinajstić information content (AvgIpc) is 3.36. The maximum absolute atomic E-state index is 13.4. The Morgan fingerprint density at radius 3 is 2.53 bits per heavy atom. The third kappa shape index (κ3) is 4.91. The monoisotopic (exact) mass is 480 g/mol. The molecule has 9 nitrogen and oxygen atoms in total. The van der Waals surface area contributed by atoms with Crippen molar-refractivity contribution in [1.29, 1.82) is 0 Å². The lowest BCUT2D eigenvalue weighted by Crippen LogP contribution is -2.43. The van der Waals surface area contributed by atoms with Gasteiger partial charge in [-0.25, -0.2) is 9.79 Å². The molecule has 2 aromatic rings. The number of primary amides is 1. The van der Waals surface area contributed by atoms with Crippen molar-refractivity contribution in [2.75, 3.05) is 11.7 Å². The molecule has 34 heavy (non-hydrogen) atoms. The predicted octanol–water partition coefficient (Wildman–Crippen LogP) is 3.42. The lowest BCUT2D eigenvalue weighted by Gasteiger charge is -2.23. The van der Waals surface area contributed by atoms with E-state index in [2.05, 4.69) is 10.3 Å². The minimum Gasteiger partial charge on any atom is -0.454 e. The maximum atomic E-state index is 13.4. The number of carbonyl (C=O) groups excluding carboxylic acids is 3. The van der Waals surface area contributed by atoms with Crippen molar-refractivity contribution in [1.82, 2.24) is 5.32 Å². The van der Waals surface area contributed by atoms with E-state index >= 15 is 0 Å². The van der Waals surface area contributed by atoms with Gasteiger partial charge in [0.25, 0.3) is 5.91 Å². The summed E-state index contributed by atoms with van der Waals surface area (Å²) in [7, 11) is 0. The second kappa shape index (κ2) is 9.60. The highest BCUT2D eigenvalue weighted by molar-refractivity contribution is 8.15. The molecule has 4 rings (SSSR count). The van der Waals surface area contributed by atoms with Crippen LogP contribution < -0.4 is 25.4 Å². The molecule has 0 aliphatic carbocycles. The van der Waals surface area contributed by atoms with E-state index in [0.29, 0.717) is 22.4 Å². The van der Waals surface area contributed by atoms with Gasteiger partial charge in [-0.2, -0.15) is 0 Å². The van der Waals surface area contributed by atoms with E-state index in [1.54, 1.807) is 18.2 Å². The van der Waals surface area contributed by atoms with Crippen LogP contribution in [-0.2, 0) is 9.59 Å². The van der Waals surface area contributed by atoms with Crippen LogP contribution in [0.25, 0.3) is 6.08 Å². The lowest BCUT2D eigenvalue weighted by molar-refractivity contribution is -0.120. The lowest BCUT2D eigenvalue weighted by atomic mass is 10.1. The second-order valence-corrected chi connectivity index (χ2v) is 9.26. The molecule has 0 saturated heterocycles. The van der Waals surface area contributed by atoms with Gasteiger partial charge in [0, 0.05) is 0 Å². The summed E-state index contributed by atoms with van der Waals surface area (Å²) >= 11 is 1.11. The maximum Gasteiger partial charge on any atom is 0.318 e. The molecule has 2 aliphatic heterocycles. The smallest absolute Gasteiger partial charge is 0.318 e. The van der Waals surface area contributed by atoms with Crippen molar-refractivity contribution in [2.45, 2.75) is 26.0 Å². The summed E-state index contributed by atoms with van der Waals surface area (Å²) in [5, 5.41) is 1.76. The number of aliphatic imine (C=N–C) groups is 1. The van der Waals surface area contributed by atoms with Crippen LogP contribution in [-0.4, -0.2) is 35.1 Å². The van der Waals surface area contributed by atoms with Crippen LogP contribution in [0.3, 0.4) is 0 Å². The number of carbonyl (C=O) groups is 3. The molecule has 0 fully saturated rings. The number of aryl methyl sites for hydroxylation is 1. The average molecular weight is 481 g/mol. The molecule has 0 aromatic heterocycles. The first-order chi connectivity index (χ1) is 16.2. The first-order valence-corrected chi connectivity index (χ1v) is 11.5. The number of hydrogen-bond acceptors (Lipinski definition) is 7. The summed E-state index contributed by atoms with van der Waals surface area (Å²) in [5.41, 5.74) is 7.73. The van der Waals surface area contributed by atoms with Crippen LogP contribution in [0.1, 0.15) is 25.0 Å². The number of rotatable bonds is 5. The van der Waals surface area contributed by atoms with Crippen molar-refractivity contribution < 1.29 is 23.9 Å². The van der Waals surface area contributed by atoms with Gasteiger partial charge in [0.1, 0.15) is 5.70 Å². The molecule has 1 unspecified atom stereocenters. The Morgan fingerprint density at radius 2 is 1.85 bits per heavy atom. The Morgan fingerprint density at radius 1 is 1.15 bits per heavy atom. The molecular weight excluding hydrogens is 456 g/mol. The highest BCUT2D eigenvalue weighted by atomic mass is 32.2. The first kappa shape index (κ1) is 23.4. The van der Waals surface area contributed by atoms with E-state index in [1.165, 1.54) is 4.90 Å². The summed E-state index contributed by atoms with van der Waals surface area (Å²) in [6.45, 7) is 5.79. The largest absolute Gasteiger partial charge is 0.454 e. The Kier molecular flexibility index (Phi) is 6.60. The molecule has 0 bridgehead atoms. The van der Waals surface area contributed by atoms with Crippen molar-refractivity contribution in [3.05, 3.63) is 59.3 Å². The van der Waals surface area contributed by atoms with E-state index in [0.717, 1.165) is 22.9 Å². The van der Waals surface area contributed by atoms with E-state index in [-0.39, 0.29) is 24.3 Å². The number of benzene rings is 2. The van der Waals surface area contributed by atoms with Gasteiger partial charge in [0.05, 0.1) is 10.9 Å². The fourth-order valence-electron chi connectivity index (χ4n) is 3.46. The summed E-state index contributed by atoms with van der Waals surface area (Å²) in [4.78, 5) is 43.3. The van der Waals surface area contributed by atoms with Crippen LogP contribution in [0.2, 0.25) is 0 Å². The SMILES string of the molecule is Cc1ccc(N2C(=O)/C(=C/c3ccc4c(c3)OCO4)N=C2SC(C(=O)NC(N)=O)C(C)C)cc1. The summed E-state index contributed by atoms with van der Waals surface area (Å²) in [5.74, 6) is 0.198. The third-order valence-corrected chi connectivity index (χ3v) is 6.66. The molecule has 10 heteroatoms. The van der Waals surface area contributed by atoms with E-state index in [1.807, 2.05) is 51.1 Å². The number of nitrogens with zero attached hydrogens (tertiary/aromatic N) is 2. The number of nitrogens with one attached hydrogen (secondary N) is 1. The van der Waals surface area contributed by atoms with Crippen molar-refractivity contribution in [3.8, 4) is 11.5 Å². The summed E-state index contributed by atoms with van der Waals surface area (Å²) in [6, 6.07) is 11.8. The third-order valence-electron chi connectivity index (χ3n) is 5.16. The number of ether oxygens (including phenoxy) is 2. The van der Waals surface area contributed by atoms with Gasteiger partial charge in [-0.1, -0.05) is 49.4 Å². The van der Waals surface area contributed by atoms with Crippen molar-refractivity contribution in [3.63, 3.8) is 0 Å². The highest BCUT2D eigenvalue weighted by Gasteiger charge is 2.36. The zero-order valence-electron chi connectivity index (χ0n) is 18.9. The quantitative estimate of drug-likeness (QED) is 0.632. The number of thioether (sulfide) groups is 1. The van der Waals surface area contributed by atoms with Gasteiger partial charge >= 0.3 is 6.03 Å². The number of anilines is 1. The summed E-state index contributed by atoms with van der Waals surface area (Å²) < 4.78 is 10.8. The Hall–Kier alpha value is -3.79. The molecule has 0 saturated carbocycles. The number of fused-ring (bicyclic) bond motifs is 1. The fourth-order valence-corrected chi connectivity index (χ4v) is 4.57. The Bertz CT molecular complexity index is 1210. The number of amidine groups is 1. The van der Waals surface area contributed by atoms with Gasteiger partial charge in [-0.05, 0) is 48.7 Å². The van der Waals surface area contributed by atoms with Crippen molar-refractivity contribution >= 4 is 46.5 Å². The zero-order chi connectivity index (χ0) is 24.4. The second-order valence-electron chi connectivity index (χ2n) is 8.15. The van der Waals surface area contributed by atoms with E-state index in [4.69, 9.17) is 15.2 Å². The number of imide groups is 1. The van der Waals surface area contributed by atoms with Crippen LogP contribution in [0.15, 0.2) is 53.2 Å². The number of nitrogens with two attached hydrogens (primary N) is 1. The van der Waals surface area contributed by atoms with E-state index in [9.17, 15) is 14.4 Å². The normalized spacial score (nSPS) is 16.7. The molecule has 176 valence electrons. The van der Waals surface area contributed by atoms with Gasteiger partial charge in [0.15, 0.2) is 16.7 Å². The minimum atomic E-state index is -0.931. The Balaban J connectivity index is 1.71. The van der Waals surface area contributed by atoms with Gasteiger partial charge in [-0.15, -0.1) is 0 Å². The van der Waals surface area contributed by atoms with Crippen LogP contribution in [0.5, 0.6) is 11.5 Å². The molecule has 2 aromatic carbocycles. The first-order valence-electron chi connectivity index (χ1n) is 10.6. The van der Waals surface area contributed by atoms with Gasteiger partial charge in [0.2, 0.25) is 12.7 Å². The standard InChI is InChI=1S/C24H24N4O5S/c1-13(2)20(21(29)27-23(25)31)34-24-26-17(10-15-6-9-18-19(11-15)33-12-32-18)22(30)28(24)16-7-4-14(3)5-8-16/h4-11,13,20H,12H2,1-3H3,(H3,25,27,29,31)/b17-10-. The van der Waals surface area contributed by atoms with Crippen LogP contribution in [0.4, 0.5) is 10.5 Å². The topological polar surface area (TPSA) is 123 Å². The zero-order valence-corrected chi connectivity index (χ0v) is 19.7. The van der Waals surface area contributed by atoms with Crippen LogP contribution in [0, 0.1) is 12.8 Å². The van der Waals surface area contributed by atoms with Crippen LogP contribution >= 0.6 is 11.8 Å². The number of amides is 4. The van der Waals surface area contributed by atoms with Gasteiger partial charge < -0.3 is 15.2 Å².